The van der Waals surface area contributed by atoms with Gasteiger partial charge in [-0.05, 0) is 31.0 Å². The molecule has 1 aromatic carbocycles. The van der Waals surface area contributed by atoms with Crippen molar-refractivity contribution in [3.05, 3.63) is 47.3 Å². The zero-order chi connectivity index (χ0) is 19.5. The van der Waals surface area contributed by atoms with E-state index in [0.29, 0.717) is 13.1 Å². The highest BCUT2D eigenvalue weighted by molar-refractivity contribution is 14.0. The van der Waals surface area contributed by atoms with Gasteiger partial charge in [0.05, 0.1) is 18.8 Å². The minimum atomic E-state index is 0. The number of aliphatic imine (C=N–C) groups is 1. The fourth-order valence-corrected chi connectivity index (χ4v) is 2.80. The summed E-state index contributed by atoms with van der Waals surface area (Å²) in [6, 6.07) is 8.35. The van der Waals surface area contributed by atoms with Gasteiger partial charge in [-0.1, -0.05) is 38.3 Å². The fourth-order valence-electron chi connectivity index (χ4n) is 2.80. The molecule has 28 heavy (non-hydrogen) atoms. The van der Waals surface area contributed by atoms with Crippen molar-refractivity contribution in [2.24, 2.45) is 12.0 Å². The highest BCUT2D eigenvalue weighted by Gasteiger charge is 2.07. The molecule has 0 aliphatic carbocycles. The molecule has 0 spiro atoms. The lowest BCUT2D eigenvalue weighted by Gasteiger charge is -2.15. The molecule has 0 amide bonds. The quantitative estimate of drug-likeness (QED) is 0.223. The van der Waals surface area contributed by atoms with Crippen LogP contribution in [0.5, 0.6) is 5.75 Å². The van der Waals surface area contributed by atoms with Crippen molar-refractivity contribution >= 4 is 29.9 Å². The van der Waals surface area contributed by atoms with Crippen molar-refractivity contribution in [2.75, 3.05) is 13.7 Å². The van der Waals surface area contributed by atoms with Crippen LogP contribution in [0.15, 0.2) is 35.5 Å². The molecule has 7 heteroatoms. The Morgan fingerprint density at radius 2 is 1.93 bits per heavy atom. The predicted octanol–water partition coefficient (Wildman–Crippen LogP) is 4.17. The van der Waals surface area contributed by atoms with E-state index in [4.69, 9.17) is 4.74 Å². The van der Waals surface area contributed by atoms with Crippen LogP contribution in [0.3, 0.4) is 0 Å². The van der Waals surface area contributed by atoms with Crippen LogP contribution >= 0.6 is 24.0 Å². The van der Waals surface area contributed by atoms with E-state index >= 15 is 0 Å². The van der Waals surface area contributed by atoms with Crippen molar-refractivity contribution in [3.8, 4) is 5.75 Å². The minimum Gasteiger partial charge on any atom is -0.493 e. The molecule has 0 unspecified atom stereocenters. The predicted molar refractivity (Wildman–Crippen MR) is 126 cm³/mol. The molecule has 2 aromatic rings. The number of unbranched alkanes of at least 4 members (excludes halogenated alkanes) is 3. The van der Waals surface area contributed by atoms with E-state index in [1.165, 1.54) is 24.8 Å². The number of hydrogen-bond acceptors (Lipinski definition) is 3. The first-order chi connectivity index (χ1) is 13.1. The Morgan fingerprint density at radius 1 is 1.14 bits per heavy atom. The number of ether oxygens (including phenoxy) is 1. The van der Waals surface area contributed by atoms with Gasteiger partial charge in [0.1, 0.15) is 5.75 Å². The zero-order valence-corrected chi connectivity index (χ0v) is 19.8. The van der Waals surface area contributed by atoms with Gasteiger partial charge in [-0.3, -0.25) is 9.67 Å². The summed E-state index contributed by atoms with van der Waals surface area (Å²) in [4.78, 5) is 4.30. The Hall–Kier alpha value is -1.77. The Balaban J connectivity index is 0.00000392. The molecular formula is C21H34IN5O. The largest absolute Gasteiger partial charge is 0.493 e. The molecule has 0 saturated carbocycles. The summed E-state index contributed by atoms with van der Waals surface area (Å²) in [6.45, 7) is 6.42. The Morgan fingerprint density at radius 3 is 2.61 bits per heavy atom. The summed E-state index contributed by atoms with van der Waals surface area (Å²) >= 11 is 0. The van der Waals surface area contributed by atoms with E-state index in [1.807, 2.05) is 17.8 Å². The van der Waals surface area contributed by atoms with E-state index in [0.717, 1.165) is 36.0 Å². The lowest BCUT2D eigenvalue weighted by Crippen LogP contribution is -2.36. The first-order valence-corrected chi connectivity index (χ1v) is 9.77. The molecule has 0 bridgehead atoms. The fraction of sp³-hybridized carbons (Fsp3) is 0.524. The second kappa shape index (κ2) is 13.4. The van der Waals surface area contributed by atoms with Gasteiger partial charge in [0, 0.05) is 32.4 Å². The molecule has 1 aromatic heterocycles. The molecule has 0 atom stereocenters. The molecule has 0 radical (unpaired) electrons. The summed E-state index contributed by atoms with van der Waals surface area (Å²) in [5.74, 6) is 1.71. The molecule has 0 saturated heterocycles. The number of hydrogen-bond donors (Lipinski definition) is 2. The molecule has 1 heterocycles. The smallest absolute Gasteiger partial charge is 0.191 e. The maximum absolute atomic E-state index is 6.05. The van der Waals surface area contributed by atoms with Crippen LogP contribution in [-0.4, -0.2) is 29.4 Å². The Kier molecular flexibility index (Phi) is 11.6. The van der Waals surface area contributed by atoms with E-state index in [9.17, 15) is 0 Å². The number of nitrogens with one attached hydrogen (secondary N) is 2. The zero-order valence-electron chi connectivity index (χ0n) is 17.5. The molecule has 6 nitrogen and oxygen atoms in total. The van der Waals surface area contributed by atoms with Crippen molar-refractivity contribution in [2.45, 2.75) is 52.6 Å². The van der Waals surface area contributed by atoms with Gasteiger partial charge in [0.2, 0.25) is 0 Å². The van der Waals surface area contributed by atoms with E-state index in [-0.39, 0.29) is 24.0 Å². The molecular weight excluding hydrogens is 465 g/mol. The summed E-state index contributed by atoms with van der Waals surface area (Å²) < 4.78 is 7.91. The van der Waals surface area contributed by atoms with Crippen LogP contribution in [-0.2, 0) is 20.1 Å². The van der Waals surface area contributed by atoms with Crippen molar-refractivity contribution in [1.82, 2.24) is 20.4 Å². The minimum absolute atomic E-state index is 0. The average Bonchev–Trinajstić information content (AvgIpc) is 3.08. The van der Waals surface area contributed by atoms with Crippen molar-refractivity contribution < 1.29 is 4.74 Å². The SMILES string of the molecule is CCCCCCOc1cc(C)ccc1CNC(=NC)NCc1ccnn1C.I. The van der Waals surface area contributed by atoms with Crippen molar-refractivity contribution in [1.29, 1.82) is 0 Å². The standard InChI is InChI=1S/C21H33N5O.HI/c1-5-6-7-8-13-27-20-14-17(2)9-10-18(20)15-23-21(22-3)24-16-19-11-12-25-26(19)4;/h9-12,14H,5-8,13,15-16H2,1-4H3,(H2,22,23,24);1H. The lowest BCUT2D eigenvalue weighted by atomic mass is 10.1. The number of benzene rings is 1. The summed E-state index contributed by atoms with van der Waals surface area (Å²) in [5, 5.41) is 10.9. The molecule has 0 aliphatic heterocycles. The highest BCUT2D eigenvalue weighted by atomic mass is 127. The third-order valence-corrected chi connectivity index (χ3v) is 4.51. The van der Waals surface area contributed by atoms with Crippen LogP contribution in [0.2, 0.25) is 0 Å². The third kappa shape index (κ3) is 8.08. The Labute approximate surface area is 186 Å². The van der Waals surface area contributed by atoms with E-state index in [1.54, 1.807) is 13.2 Å². The molecule has 2 rings (SSSR count). The second-order valence-electron chi connectivity index (χ2n) is 6.75. The van der Waals surface area contributed by atoms with Gasteiger partial charge in [-0.15, -0.1) is 24.0 Å². The van der Waals surface area contributed by atoms with Crippen molar-refractivity contribution in [3.63, 3.8) is 0 Å². The number of halogens is 1. The first-order valence-electron chi connectivity index (χ1n) is 9.77. The maximum atomic E-state index is 6.05. The molecule has 2 N–H and O–H groups in total. The number of rotatable bonds is 10. The van der Waals surface area contributed by atoms with Crippen LogP contribution in [0.25, 0.3) is 0 Å². The maximum Gasteiger partial charge on any atom is 0.191 e. The number of aryl methyl sites for hydroxylation is 2. The van der Waals surface area contributed by atoms with E-state index in [2.05, 4.69) is 52.8 Å². The summed E-state index contributed by atoms with van der Waals surface area (Å²) in [5.41, 5.74) is 3.45. The second-order valence-corrected chi connectivity index (χ2v) is 6.75. The number of guanidine groups is 1. The number of aromatic nitrogens is 2. The van der Waals surface area contributed by atoms with Gasteiger partial charge < -0.3 is 15.4 Å². The lowest BCUT2D eigenvalue weighted by molar-refractivity contribution is 0.301. The Bertz CT molecular complexity index is 729. The topological polar surface area (TPSA) is 63.5 Å². The van der Waals surface area contributed by atoms with Gasteiger partial charge in [-0.25, -0.2) is 0 Å². The summed E-state index contributed by atoms with van der Waals surface area (Å²) in [6.07, 6.45) is 6.63. The van der Waals surface area contributed by atoms with Crippen LogP contribution in [0, 0.1) is 6.92 Å². The van der Waals surface area contributed by atoms with Crippen LogP contribution in [0.1, 0.15) is 49.4 Å². The normalized spacial score (nSPS) is 11.1. The van der Waals surface area contributed by atoms with Crippen LogP contribution in [0.4, 0.5) is 0 Å². The van der Waals surface area contributed by atoms with Gasteiger partial charge in [-0.2, -0.15) is 5.10 Å². The molecule has 0 aliphatic rings. The van der Waals surface area contributed by atoms with Gasteiger partial charge in [0.15, 0.2) is 5.96 Å². The summed E-state index contributed by atoms with van der Waals surface area (Å²) in [7, 11) is 3.71. The first kappa shape index (κ1) is 24.3. The van der Waals surface area contributed by atoms with Gasteiger partial charge in [0.25, 0.3) is 0 Å². The highest BCUT2D eigenvalue weighted by Crippen LogP contribution is 2.21. The molecule has 0 fully saturated rings. The monoisotopic (exact) mass is 499 g/mol. The third-order valence-electron chi connectivity index (χ3n) is 4.51. The van der Waals surface area contributed by atoms with Gasteiger partial charge >= 0.3 is 0 Å². The average molecular weight is 499 g/mol. The molecule has 156 valence electrons. The van der Waals surface area contributed by atoms with E-state index < -0.39 is 0 Å². The number of nitrogens with zero attached hydrogens (tertiary/aromatic N) is 3. The van der Waals surface area contributed by atoms with Crippen LogP contribution < -0.4 is 15.4 Å².